The van der Waals surface area contributed by atoms with Crippen molar-refractivity contribution in [2.75, 3.05) is 26.3 Å². The first-order valence-corrected chi connectivity index (χ1v) is 16.8. The van der Waals surface area contributed by atoms with Crippen molar-refractivity contribution in [3.8, 4) is 22.6 Å². The van der Waals surface area contributed by atoms with E-state index >= 15 is 0 Å². The average molecular weight is 658 g/mol. The number of carboxylic acids is 1. The van der Waals surface area contributed by atoms with Crippen molar-refractivity contribution >= 4 is 5.97 Å². The smallest absolute Gasteiger partial charge is 0.300 e. The number of carbonyl (C=O) groups is 1. The van der Waals surface area contributed by atoms with E-state index in [9.17, 15) is 15.3 Å². The van der Waals surface area contributed by atoms with Gasteiger partial charge in [-0.05, 0) is 90.7 Å². The van der Waals surface area contributed by atoms with Crippen molar-refractivity contribution in [3.63, 3.8) is 0 Å². The Morgan fingerprint density at radius 1 is 0.771 bits per heavy atom. The highest BCUT2D eigenvalue weighted by Crippen LogP contribution is 2.26. The van der Waals surface area contributed by atoms with Crippen molar-refractivity contribution < 1.29 is 34.7 Å². The maximum Gasteiger partial charge on any atom is 0.300 e. The number of aliphatic hydroxyl groups is 2. The molecule has 0 spiro atoms. The third-order valence-corrected chi connectivity index (χ3v) is 7.74. The highest BCUT2D eigenvalue weighted by Gasteiger charge is 2.10. The number of aliphatic carboxylic acids is 1. The van der Waals surface area contributed by atoms with Crippen LogP contribution in [0.5, 0.6) is 11.5 Å². The second-order valence-electron chi connectivity index (χ2n) is 11.8. The van der Waals surface area contributed by atoms with Gasteiger partial charge in [0.25, 0.3) is 5.97 Å². The van der Waals surface area contributed by atoms with E-state index in [4.69, 9.17) is 19.4 Å². The molecule has 0 aliphatic rings. The molecular weight excluding hydrogens is 606 g/mol. The maximum absolute atomic E-state index is 10.3. The number of aryl methyl sites for hydroxylation is 1. The summed E-state index contributed by atoms with van der Waals surface area (Å²) in [6.07, 6.45) is 6.91. The van der Waals surface area contributed by atoms with Gasteiger partial charge in [-0.25, -0.2) is 0 Å². The molecule has 0 amide bonds. The largest absolute Gasteiger partial charge is 0.508 e. The zero-order chi connectivity index (χ0) is 34.4. The third kappa shape index (κ3) is 15.1. The summed E-state index contributed by atoms with van der Waals surface area (Å²) in [5.74, 6) is 0.0941. The molecule has 0 saturated heterocycles. The van der Waals surface area contributed by atoms with Crippen LogP contribution in [0.3, 0.4) is 0 Å². The van der Waals surface area contributed by atoms with Crippen molar-refractivity contribution in [3.05, 3.63) is 119 Å². The monoisotopic (exact) mass is 657 g/mol. The van der Waals surface area contributed by atoms with Gasteiger partial charge < -0.3 is 35.2 Å². The normalized spacial score (nSPS) is 11.4. The van der Waals surface area contributed by atoms with Crippen LogP contribution >= 0.6 is 0 Å². The fourth-order valence-electron chi connectivity index (χ4n) is 5.15. The van der Waals surface area contributed by atoms with E-state index < -0.39 is 12.1 Å². The Bertz CT molecular complexity index is 1470. The van der Waals surface area contributed by atoms with E-state index in [1.54, 1.807) is 12.1 Å². The van der Waals surface area contributed by atoms with E-state index in [0.29, 0.717) is 24.3 Å². The topological polar surface area (TPSA) is 128 Å². The van der Waals surface area contributed by atoms with Crippen molar-refractivity contribution in [2.45, 2.75) is 71.2 Å². The number of nitrogens with one attached hydrogen (secondary N) is 1. The number of hydrogen-bond donors (Lipinski definition) is 5. The minimum atomic E-state index is -0.833. The summed E-state index contributed by atoms with van der Waals surface area (Å²) in [5, 5.41) is 40.0. The number of ether oxygens (including phenoxy) is 2. The molecule has 48 heavy (non-hydrogen) atoms. The molecule has 0 aliphatic carbocycles. The van der Waals surface area contributed by atoms with Gasteiger partial charge in [-0.2, -0.15) is 0 Å². The molecule has 0 radical (unpaired) electrons. The summed E-state index contributed by atoms with van der Waals surface area (Å²) >= 11 is 0. The first-order chi connectivity index (χ1) is 23.4. The summed E-state index contributed by atoms with van der Waals surface area (Å²) < 4.78 is 11.9. The summed E-state index contributed by atoms with van der Waals surface area (Å²) in [6, 6.07) is 32.2. The zero-order valence-electron chi connectivity index (χ0n) is 28.0. The molecule has 0 unspecified atom stereocenters. The summed E-state index contributed by atoms with van der Waals surface area (Å²) in [6.45, 7) is 4.29. The molecule has 0 heterocycles. The Hall–Kier alpha value is -4.21. The molecule has 4 aromatic rings. The summed E-state index contributed by atoms with van der Waals surface area (Å²) in [7, 11) is 0. The van der Waals surface area contributed by atoms with Gasteiger partial charge in [-0.3, -0.25) is 4.79 Å². The van der Waals surface area contributed by atoms with Crippen LogP contribution in [0.25, 0.3) is 11.1 Å². The lowest BCUT2D eigenvalue weighted by Crippen LogP contribution is -2.22. The van der Waals surface area contributed by atoms with Crippen molar-refractivity contribution in [2.24, 2.45) is 0 Å². The van der Waals surface area contributed by atoms with E-state index in [1.165, 1.54) is 22.8 Å². The predicted octanol–water partition coefficient (Wildman–Crippen LogP) is 7.44. The molecule has 8 nitrogen and oxygen atoms in total. The fourth-order valence-corrected chi connectivity index (χ4v) is 5.15. The quantitative estimate of drug-likeness (QED) is 0.0621. The predicted molar refractivity (Wildman–Crippen MR) is 190 cm³/mol. The first kappa shape index (κ1) is 38.2. The first-order valence-electron chi connectivity index (χ1n) is 16.8. The van der Waals surface area contributed by atoms with Crippen LogP contribution in [0.1, 0.15) is 73.8 Å². The van der Waals surface area contributed by atoms with Crippen LogP contribution < -0.4 is 10.1 Å². The fraction of sp³-hybridized carbons (Fsp3) is 0.375. The highest BCUT2D eigenvalue weighted by molar-refractivity contribution is 5.65. The lowest BCUT2D eigenvalue weighted by atomic mass is 10.0. The molecule has 0 fully saturated rings. The van der Waals surface area contributed by atoms with Gasteiger partial charge in [-0.15, -0.1) is 0 Å². The Kier molecular flexibility index (Phi) is 17.8. The standard InChI is InChI=1S/C38H47NO5.C2H4O2/c40-28-35-25-34(19-20-37(35)41)38(42)27-39-21-7-1-2-8-22-43-23-9-6-12-30-15-10-16-32(24-30)33-17-11-18-36(26-33)44-29-31-13-4-3-5-14-31;1-2(3)4/h3-5,10-11,13-20,24-26,38-42H,1-2,6-9,12,21-23,27-29H2;1H3,(H,3,4)/t38-;/m0./s1. The average Bonchev–Trinajstić information content (AvgIpc) is 3.10. The number of unbranched alkanes of at least 4 members (excludes halogenated alkanes) is 4. The van der Waals surface area contributed by atoms with Crippen molar-refractivity contribution in [1.29, 1.82) is 0 Å². The Labute approximate surface area is 285 Å². The number of benzene rings is 4. The van der Waals surface area contributed by atoms with Crippen LogP contribution in [-0.4, -0.2) is 52.7 Å². The molecule has 1 atom stereocenters. The number of rotatable bonds is 20. The number of phenols is 1. The van der Waals surface area contributed by atoms with Crippen molar-refractivity contribution in [1.82, 2.24) is 5.32 Å². The van der Waals surface area contributed by atoms with Gasteiger partial charge in [0.05, 0.1) is 12.7 Å². The van der Waals surface area contributed by atoms with Gasteiger partial charge in [0.1, 0.15) is 18.1 Å². The van der Waals surface area contributed by atoms with E-state index in [2.05, 4.69) is 59.9 Å². The molecule has 4 aromatic carbocycles. The van der Waals surface area contributed by atoms with Crippen LogP contribution in [-0.2, 0) is 29.2 Å². The lowest BCUT2D eigenvalue weighted by molar-refractivity contribution is -0.134. The lowest BCUT2D eigenvalue weighted by Gasteiger charge is -2.14. The minimum absolute atomic E-state index is 0.0470. The SMILES string of the molecule is CC(=O)O.OCc1cc([C@@H](O)CNCCCCCCOCCCCc2cccc(-c3cccc(OCc4ccccc4)c3)c2)ccc1O. The molecule has 0 aliphatic heterocycles. The van der Waals surface area contributed by atoms with Gasteiger partial charge in [-0.1, -0.05) is 85.6 Å². The van der Waals surface area contributed by atoms with Crippen LogP contribution in [0.15, 0.2) is 97.1 Å². The van der Waals surface area contributed by atoms with Crippen LogP contribution in [0.2, 0.25) is 0 Å². The summed E-state index contributed by atoms with van der Waals surface area (Å²) in [4.78, 5) is 9.00. The Morgan fingerprint density at radius 3 is 2.19 bits per heavy atom. The number of aliphatic hydroxyl groups excluding tert-OH is 2. The second-order valence-corrected chi connectivity index (χ2v) is 11.8. The highest BCUT2D eigenvalue weighted by atomic mass is 16.5. The van der Waals surface area contributed by atoms with Crippen LogP contribution in [0, 0.1) is 0 Å². The van der Waals surface area contributed by atoms with E-state index in [-0.39, 0.29) is 12.4 Å². The molecule has 0 aromatic heterocycles. The number of hydrogen-bond acceptors (Lipinski definition) is 7. The molecule has 4 rings (SSSR count). The van der Waals surface area contributed by atoms with Gasteiger partial charge in [0.2, 0.25) is 0 Å². The minimum Gasteiger partial charge on any atom is -0.508 e. The van der Waals surface area contributed by atoms with Gasteiger partial charge in [0, 0.05) is 32.2 Å². The summed E-state index contributed by atoms with van der Waals surface area (Å²) in [5.41, 5.74) is 6.00. The van der Waals surface area contributed by atoms with E-state index in [1.807, 2.05) is 24.3 Å². The molecule has 5 N–H and O–H groups in total. The number of carboxylic acid groups (broad SMARTS) is 1. The number of aromatic hydroxyl groups is 1. The molecule has 258 valence electrons. The van der Waals surface area contributed by atoms with E-state index in [0.717, 1.165) is 82.9 Å². The van der Waals surface area contributed by atoms with Crippen LogP contribution in [0.4, 0.5) is 0 Å². The zero-order valence-corrected chi connectivity index (χ0v) is 28.0. The molecule has 0 bridgehead atoms. The van der Waals surface area contributed by atoms with Gasteiger partial charge in [0.15, 0.2) is 0 Å². The second kappa shape index (κ2) is 22.4. The third-order valence-electron chi connectivity index (χ3n) is 7.74. The Morgan fingerprint density at radius 2 is 1.44 bits per heavy atom. The van der Waals surface area contributed by atoms with Gasteiger partial charge >= 0.3 is 0 Å². The molecule has 0 saturated carbocycles. The molecular formula is C40H51NO7. The Balaban J connectivity index is 0.00000148. The maximum atomic E-state index is 10.3. The molecule has 8 heteroatoms.